The van der Waals surface area contributed by atoms with Crippen LogP contribution in [0.3, 0.4) is 0 Å². The fraction of sp³-hybridized carbons (Fsp3) is 0.643. The van der Waals surface area contributed by atoms with Gasteiger partial charge in [-0.1, -0.05) is 0 Å². The molecular formula is C14H20N2O3S. The lowest BCUT2D eigenvalue weighted by atomic mass is 9.97. The predicted octanol–water partition coefficient (Wildman–Crippen LogP) is 2.12. The van der Waals surface area contributed by atoms with E-state index in [2.05, 4.69) is 4.98 Å². The Bertz CT molecular complexity index is 577. The highest BCUT2D eigenvalue weighted by atomic mass is 32.2. The van der Waals surface area contributed by atoms with Gasteiger partial charge in [-0.15, -0.1) is 0 Å². The average molecular weight is 296 g/mol. The summed E-state index contributed by atoms with van der Waals surface area (Å²) in [6.45, 7) is 5.20. The van der Waals surface area contributed by atoms with Crippen molar-refractivity contribution in [3.63, 3.8) is 0 Å². The molecule has 1 unspecified atom stereocenters. The molecule has 2 heterocycles. The minimum absolute atomic E-state index is 0.150. The smallest absolute Gasteiger partial charge is 0.348 e. The van der Waals surface area contributed by atoms with Gasteiger partial charge in [0.2, 0.25) is 0 Å². The lowest BCUT2D eigenvalue weighted by molar-refractivity contribution is -0.138. The van der Waals surface area contributed by atoms with Gasteiger partial charge in [0.25, 0.3) is 0 Å². The Hall–Kier alpha value is -1.30. The number of carbonyl (C=O) groups is 1. The minimum atomic E-state index is -0.887. The second-order valence-corrected chi connectivity index (χ2v) is 6.48. The summed E-state index contributed by atoms with van der Waals surface area (Å²) in [5.74, 6) is 0.539. The van der Waals surface area contributed by atoms with Crippen molar-refractivity contribution in [3.05, 3.63) is 27.4 Å². The highest BCUT2D eigenvalue weighted by Gasteiger charge is 2.25. The summed E-state index contributed by atoms with van der Waals surface area (Å²) in [6, 6.07) is 0.150. The molecule has 0 radical (unpaired) electrons. The van der Waals surface area contributed by atoms with Crippen LogP contribution in [0.4, 0.5) is 0 Å². The Labute approximate surface area is 122 Å². The third-order valence-electron chi connectivity index (χ3n) is 3.97. The summed E-state index contributed by atoms with van der Waals surface area (Å²) in [5.41, 5.74) is 1.71. The fourth-order valence-corrected chi connectivity index (χ4v) is 4.00. The summed E-state index contributed by atoms with van der Waals surface area (Å²) in [4.78, 5) is 27.5. The zero-order valence-electron chi connectivity index (χ0n) is 12.0. The molecule has 0 spiro atoms. The van der Waals surface area contributed by atoms with E-state index in [4.69, 9.17) is 0 Å². The van der Waals surface area contributed by atoms with Crippen LogP contribution in [0.5, 0.6) is 0 Å². The van der Waals surface area contributed by atoms with Gasteiger partial charge in [-0.05, 0) is 45.1 Å². The summed E-state index contributed by atoms with van der Waals surface area (Å²) in [7, 11) is 0. The number of rotatable bonds is 3. The molecule has 0 aliphatic carbocycles. The molecule has 0 bridgehead atoms. The SMILES string of the molecule is Cc1nc(=O)n(C2CCSCC2)c(C)c1C(C)C(=O)O. The summed E-state index contributed by atoms with van der Waals surface area (Å²) in [6.07, 6.45) is 1.88. The first-order chi connectivity index (χ1) is 9.43. The van der Waals surface area contributed by atoms with Crippen LogP contribution in [0.25, 0.3) is 0 Å². The van der Waals surface area contributed by atoms with Gasteiger partial charge in [0.1, 0.15) is 0 Å². The molecule has 1 saturated heterocycles. The van der Waals surface area contributed by atoms with Gasteiger partial charge in [-0.3, -0.25) is 9.36 Å². The molecule has 1 aliphatic heterocycles. The zero-order valence-corrected chi connectivity index (χ0v) is 12.9. The molecule has 1 aliphatic rings. The number of hydrogen-bond acceptors (Lipinski definition) is 4. The largest absolute Gasteiger partial charge is 0.481 e. The summed E-state index contributed by atoms with van der Waals surface area (Å²) >= 11 is 1.89. The third-order valence-corrected chi connectivity index (χ3v) is 5.02. The molecule has 2 rings (SSSR count). The third kappa shape index (κ3) is 2.75. The van der Waals surface area contributed by atoms with Crippen LogP contribution < -0.4 is 5.69 Å². The molecule has 1 N–H and O–H groups in total. The first kappa shape index (κ1) is 15.1. The molecule has 5 nitrogen and oxygen atoms in total. The van der Waals surface area contributed by atoms with Crippen LogP contribution in [-0.2, 0) is 4.79 Å². The van der Waals surface area contributed by atoms with Gasteiger partial charge in [-0.25, -0.2) is 4.79 Å². The van der Waals surface area contributed by atoms with Crippen molar-refractivity contribution in [2.45, 2.75) is 45.6 Å². The van der Waals surface area contributed by atoms with E-state index in [-0.39, 0.29) is 11.7 Å². The molecule has 1 fully saturated rings. The number of aryl methyl sites for hydroxylation is 1. The van der Waals surface area contributed by atoms with Crippen molar-refractivity contribution >= 4 is 17.7 Å². The molecule has 0 aromatic carbocycles. The normalized spacial score (nSPS) is 17.9. The second kappa shape index (κ2) is 5.99. The van der Waals surface area contributed by atoms with Crippen LogP contribution in [0.1, 0.15) is 48.7 Å². The van der Waals surface area contributed by atoms with E-state index < -0.39 is 11.9 Å². The molecule has 1 atom stereocenters. The van der Waals surface area contributed by atoms with Gasteiger partial charge in [0.05, 0.1) is 5.92 Å². The van der Waals surface area contributed by atoms with Crippen LogP contribution in [0.2, 0.25) is 0 Å². The quantitative estimate of drug-likeness (QED) is 0.925. The minimum Gasteiger partial charge on any atom is -0.481 e. The Kier molecular flexibility index (Phi) is 4.52. The average Bonchev–Trinajstić information content (AvgIpc) is 2.39. The zero-order chi connectivity index (χ0) is 14.9. The molecule has 0 amide bonds. The van der Waals surface area contributed by atoms with E-state index in [9.17, 15) is 14.7 Å². The van der Waals surface area contributed by atoms with Gasteiger partial charge in [-0.2, -0.15) is 16.7 Å². The molecule has 110 valence electrons. The number of carboxylic acid groups (broad SMARTS) is 1. The first-order valence-electron chi connectivity index (χ1n) is 6.83. The van der Waals surface area contributed by atoms with E-state index in [1.54, 1.807) is 18.4 Å². The van der Waals surface area contributed by atoms with Crippen molar-refractivity contribution in [2.24, 2.45) is 0 Å². The predicted molar refractivity (Wildman–Crippen MR) is 79.6 cm³/mol. The van der Waals surface area contributed by atoms with Crippen LogP contribution in [0, 0.1) is 13.8 Å². The maximum Gasteiger partial charge on any atom is 0.348 e. The van der Waals surface area contributed by atoms with Gasteiger partial charge in [0.15, 0.2) is 0 Å². The number of aromatic nitrogens is 2. The highest BCUT2D eigenvalue weighted by Crippen LogP contribution is 2.29. The van der Waals surface area contributed by atoms with Gasteiger partial charge >= 0.3 is 11.7 Å². The van der Waals surface area contributed by atoms with E-state index in [1.807, 2.05) is 18.7 Å². The lowest BCUT2D eigenvalue weighted by Gasteiger charge is -2.27. The first-order valence-corrected chi connectivity index (χ1v) is 7.99. The van der Waals surface area contributed by atoms with Crippen LogP contribution in [-0.4, -0.2) is 32.1 Å². The molecule has 1 aromatic rings. The number of hydrogen-bond donors (Lipinski definition) is 1. The van der Waals surface area contributed by atoms with E-state index in [0.29, 0.717) is 11.3 Å². The van der Waals surface area contributed by atoms with Crippen molar-refractivity contribution in [2.75, 3.05) is 11.5 Å². The molecule has 6 heteroatoms. The number of thioether (sulfide) groups is 1. The monoisotopic (exact) mass is 296 g/mol. The molecule has 0 saturated carbocycles. The standard InChI is InChI=1S/C14H20N2O3S/c1-8(13(17)18)12-9(2)15-14(19)16(10(12)3)11-4-6-20-7-5-11/h8,11H,4-7H2,1-3H3,(H,17,18). The fourth-order valence-electron chi connectivity index (χ4n) is 2.92. The number of aliphatic carboxylic acids is 1. The second-order valence-electron chi connectivity index (χ2n) is 5.25. The number of nitrogens with zero attached hydrogens (tertiary/aromatic N) is 2. The Balaban J connectivity index is 2.54. The number of carboxylic acids is 1. The van der Waals surface area contributed by atoms with Crippen LogP contribution >= 0.6 is 11.8 Å². The maximum atomic E-state index is 12.2. The van der Waals surface area contributed by atoms with Crippen molar-refractivity contribution in [3.8, 4) is 0 Å². The molecule has 20 heavy (non-hydrogen) atoms. The van der Waals surface area contributed by atoms with E-state index in [0.717, 1.165) is 30.0 Å². The van der Waals surface area contributed by atoms with E-state index in [1.165, 1.54) is 0 Å². The Morgan fingerprint density at radius 3 is 2.55 bits per heavy atom. The maximum absolute atomic E-state index is 12.2. The summed E-state index contributed by atoms with van der Waals surface area (Å²) < 4.78 is 1.71. The van der Waals surface area contributed by atoms with Crippen molar-refractivity contribution < 1.29 is 9.90 Å². The van der Waals surface area contributed by atoms with Gasteiger partial charge in [0, 0.05) is 23.0 Å². The molecule has 1 aromatic heterocycles. The van der Waals surface area contributed by atoms with Crippen LogP contribution in [0.15, 0.2) is 4.79 Å². The molecular weight excluding hydrogens is 276 g/mol. The highest BCUT2D eigenvalue weighted by molar-refractivity contribution is 7.99. The Morgan fingerprint density at radius 1 is 1.40 bits per heavy atom. The summed E-state index contributed by atoms with van der Waals surface area (Å²) in [5, 5.41) is 9.24. The Morgan fingerprint density at radius 2 is 2.00 bits per heavy atom. The van der Waals surface area contributed by atoms with Crippen molar-refractivity contribution in [1.82, 2.24) is 9.55 Å². The topological polar surface area (TPSA) is 72.2 Å². The van der Waals surface area contributed by atoms with Crippen molar-refractivity contribution in [1.29, 1.82) is 0 Å². The lowest BCUT2D eigenvalue weighted by Crippen LogP contribution is -2.33. The van der Waals surface area contributed by atoms with E-state index >= 15 is 0 Å². The van der Waals surface area contributed by atoms with Gasteiger partial charge < -0.3 is 5.11 Å².